The Morgan fingerprint density at radius 1 is 0.853 bits per heavy atom. The van der Waals surface area contributed by atoms with Crippen molar-refractivity contribution in [2.75, 3.05) is 10.2 Å². The average molecular weight is 496 g/mol. The number of halogens is 2. The summed E-state index contributed by atoms with van der Waals surface area (Å²) in [7, 11) is 0. The monoisotopic (exact) mass is 495 g/mol. The van der Waals surface area contributed by atoms with Crippen LogP contribution in [0.15, 0.2) is 72.8 Å². The summed E-state index contributed by atoms with van der Waals surface area (Å²) in [6.07, 6.45) is 0. The number of carboxylic acids is 2. The summed E-state index contributed by atoms with van der Waals surface area (Å²) in [6.45, 7) is 0. The highest BCUT2D eigenvalue weighted by Crippen LogP contribution is 2.41. The Hall–Kier alpha value is -4.14. The van der Waals surface area contributed by atoms with Crippen LogP contribution in [0, 0.1) is 0 Å². The summed E-state index contributed by atoms with van der Waals surface area (Å²) in [6, 6.07) is 18.7. The third-order valence-corrected chi connectivity index (χ3v) is 5.38. The molecule has 1 aromatic heterocycles. The number of hydrogen-bond acceptors (Lipinski definition) is 4. The maximum Gasteiger partial charge on any atom is 0.355 e. The van der Waals surface area contributed by atoms with Gasteiger partial charge in [-0.25, -0.2) is 19.4 Å². The van der Waals surface area contributed by atoms with Gasteiger partial charge in [0, 0.05) is 16.1 Å². The summed E-state index contributed by atoms with van der Waals surface area (Å²) in [4.78, 5) is 43.0. The quantitative estimate of drug-likeness (QED) is 0.298. The van der Waals surface area contributed by atoms with Crippen molar-refractivity contribution < 1.29 is 24.6 Å². The number of aromatic carboxylic acids is 2. The van der Waals surface area contributed by atoms with E-state index in [-0.39, 0.29) is 32.3 Å². The van der Waals surface area contributed by atoms with Crippen LogP contribution in [-0.4, -0.2) is 33.2 Å². The van der Waals surface area contributed by atoms with Crippen molar-refractivity contribution in [2.45, 2.75) is 0 Å². The Kier molecular flexibility index (Phi) is 6.36. The van der Waals surface area contributed by atoms with E-state index in [1.54, 1.807) is 60.7 Å². The van der Waals surface area contributed by atoms with Gasteiger partial charge in [-0.1, -0.05) is 59.6 Å². The van der Waals surface area contributed by atoms with E-state index in [2.05, 4.69) is 10.3 Å². The van der Waals surface area contributed by atoms with Gasteiger partial charge in [0.25, 0.3) is 0 Å². The van der Waals surface area contributed by atoms with Crippen LogP contribution < -0.4 is 10.2 Å². The molecule has 0 saturated heterocycles. The fourth-order valence-corrected chi connectivity index (χ4v) is 4.08. The topological polar surface area (TPSA) is 120 Å². The molecule has 0 aliphatic heterocycles. The van der Waals surface area contributed by atoms with E-state index in [1.807, 2.05) is 0 Å². The van der Waals surface area contributed by atoms with Gasteiger partial charge in [0.1, 0.15) is 5.56 Å². The molecule has 10 heteroatoms. The smallest absolute Gasteiger partial charge is 0.355 e. The van der Waals surface area contributed by atoms with E-state index in [1.165, 1.54) is 12.1 Å². The highest BCUT2D eigenvalue weighted by Gasteiger charge is 2.33. The molecular formula is C24H15Cl2N3O5. The number of fused-ring (bicyclic) bond motifs is 1. The number of rotatable bonds is 5. The van der Waals surface area contributed by atoms with Gasteiger partial charge < -0.3 is 15.5 Å². The average Bonchev–Trinajstić information content (AvgIpc) is 2.79. The Morgan fingerprint density at radius 2 is 1.47 bits per heavy atom. The molecule has 34 heavy (non-hydrogen) atoms. The molecule has 0 unspecified atom stereocenters. The molecule has 8 nitrogen and oxygen atoms in total. The number of urea groups is 1. The first-order valence-electron chi connectivity index (χ1n) is 9.78. The number of nitrogens with one attached hydrogen (secondary N) is 1. The van der Waals surface area contributed by atoms with Gasteiger partial charge in [0.15, 0.2) is 5.69 Å². The van der Waals surface area contributed by atoms with Gasteiger partial charge >= 0.3 is 18.0 Å². The second-order valence-electron chi connectivity index (χ2n) is 7.04. The molecule has 0 spiro atoms. The summed E-state index contributed by atoms with van der Waals surface area (Å²) < 4.78 is 0. The van der Waals surface area contributed by atoms with Gasteiger partial charge in [-0.15, -0.1) is 0 Å². The normalized spacial score (nSPS) is 10.6. The number of aromatic nitrogens is 1. The SMILES string of the molecule is O=C(O)c1nc2cc(Cl)cc(Cl)c2c(N(C(=O)Nc2ccccc2)c2ccccc2)c1C(=O)O. The third-order valence-electron chi connectivity index (χ3n) is 4.86. The molecule has 170 valence electrons. The number of amides is 2. The predicted octanol–water partition coefficient (Wildman–Crippen LogP) is 6.31. The molecule has 3 N–H and O–H groups in total. The predicted molar refractivity (Wildman–Crippen MR) is 130 cm³/mol. The third kappa shape index (κ3) is 4.36. The zero-order chi connectivity index (χ0) is 24.4. The summed E-state index contributed by atoms with van der Waals surface area (Å²) in [5.74, 6) is -3.19. The number of nitrogens with zero attached hydrogens (tertiary/aromatic N) is 2. The highest BCUT2D eigenvalue weighted by atomic mass is 35.5. The van der Waals surface area contributed by atoms with Crippen molar-refractivity contribution in [1.29, 1.82) is 0 Å². The van der Waals surface area contributed by atoms with Crippen LogP contribution in [0.4, 0.5) is 21.9 Å². The largest absolute Gasteiger partial charge is 0.478 e. The van der Waals surface area contributed by atoms with Gasteiger partial charge in [0.05, 0.1) is 21.9 Å². The van der Waals surface area contributed by atoms with Crippen molar-refractivity contribution >= 4 is 69.1 Å². The van der Waals surface area contributed by atoms with Crippen LogP contribution >= 0.6 is 23.2 Å². The van der Waals surface area contributed by atoms with Crippen LogP contribution in [0.3, 0.4) is 0 Å². The number of hydrogen-bond donors (Lipinski definition) is 3. The summed E-state index contributed by atoms with van der Waals surface area (Å²) in [5, 5.41) is 22.7. The van der Waals surface area contributed by atoms with E-state index < -0.39 is 29.2 Å². The molecular weight excluding hydrogens is 481 g/mol. The molecule has 1 heterocycles. The van der Waals surface area contributed by atoms with Crippen LogP contribution in [0.2, 0.25) is 10.0 Å². The van der Waals surface area contributed by atoms with Gasteiger partial charge in [-0.2, -0.15) is 0 Å². The number of carbonyl (C=O) groups excluding carboxylic acids is 1. The van der Waals surface area contributed by atoms with E-state index in [9.17, 15) is 24.6 Å². The first-order chi connectivity index (χ1) is 16.3. The molecule has 4 aromatic rings. The van der Waals surface area contributed by atoms with Gasteiger partial charge in [0.2, 0.25) is 0 Å². The highest BCUT2D eigenvalue weighted by molar-refractivity contribution is 6.40. The van der Waals surface area contributed by atoms with Gasteiger partial charge in [-0.3, -0.25) is 4.90 Å². The van der Waals surface area contributed by atoms with Gasteiger partial charge in [-0.05, 0) is 36.4 Å². The Bertz CT molecular complexity index is 1430. The lowest BCUT2D eigenvalue weighted by Crippen LogP contribution is -2.33. The van der Waals surface area contributed by atoms with Crippen LogP contribution in [0.25, 0.3) is 10.9 Å². The molecule has 0 fully saturated rings. The van der Waals surface area contributed by atoms with Crippen molar-refractivity contribution in [1.82, 2.24) is 4.98 Å². The first-order valence-corrected chi connectivity index (χ1v) is 10.5. The molecule has 0 aliphatic rings. The van der Waals surface area contributed by atoms with Crippen molar-refractivity contribution in [3.63, 3.8) is 0 Å². The number of para-hydroxylation sites is 2. The van der Waals surface area contributed by atoms with Crippen LogP contribution in [0.1, 0.15) is 20.8 Å². The van der Waals surface area contributed by atoms with E-state index >= 15 is 0 Å². The van der Waals surface area contributed by atoms with E-state index in [0.717, 1.165) is 4.90 Å². The minimum absolute atomic E-state index is 0.00196. The van der Waals surface area contributed by atoms with Crippen LogP contribution in [-0.2, 0) is 0 Å². The Morgan fingerprint density at radius 3 is 2.06 bits per heavy atom. The molecule has 0 aliphatic carbocycles. The summed E-state index contributed by atoms with van der Waals surface area (Å²) >= 11 is 12.5. The fourth-order valence-electron chi connectivity index (χ4n) is 3.50. The maximum atomic E-state index is 13.6. The standard InChI is InChI=1S/C24H15Cl2N3O5/c25-13-11-16(26)18-17(12-13)28-20(23(32)33)19(22(30)31)21(18)29(15-9-5-2-6-10-15)24(34)27-14-7-3-1-4-8-14/h1-12H,(H,27,34)(H,30,31)(H,32,33). The molecule has 0 radical (unpaired) electrons. The van der Waals surface area contributed by atoms with E-state index in [4.69, 9.17) is 23.2 Å². The molecule has 4 rings (SSSR count). The lowest BCUT2D eigenvalue weighted by molar-refractivity contribution is 0.0647. The zero-order valence-corrected chi connectivity index (χ0v) is 18.7. The number of carbonyl (C=O) groups is 3. The molecule has 3 aromatic carbocycles. The minimum atomic E-state index is -1.60. The fraction of sp³-hybridized carbons (Fsp3) is 0. The lowest BCUT2D eigenvalue weighted by Gasteiger charge is -2.27. The molecule has 0 saturated carbocycles. The molecule has 2 amide bonds. The van der Waals surface area contributed by atoms with Crippen molar-refractivity contribution in [3.05, 3.63) is 94.1 Å². The lowest BCUT2D eigenvalue weighted by atomic mass is 10.0. The second-order valence-corrected chi connectivity index (χ2v) is 7.89. The number of anilines is 3. The maximum absolute atomic E-state index is 13.6. The van der Waals surface area contributed by atoms with Crippen molar-refractivity contribution in [2.24, 2.45) is 0 Å². The van der Waals surface area contributed by atoms with E-state index in [0.29, 0.717) is 5.69 Å². The number of pyridine rings is 1. The van der Waals surface area contributed by atoms with Crippen molar-refractivity contribution in [3.8, 4) is 0 Å². The molecule has 0 atom stereocenters. The van der Waals surface area contributed by atoms with Crippen LogP contribution in [0.5, 0.6) is 0 Å². The number of carboxylic acid groups (broad SMARTS) is 2. The first kappa shape index (κ1) is 23.0. The summed E-state index contributed by atoms with van der Waals surface area (Å²) in [5.41, 5.74) is -0.984. The Labute approximate surface area is 203 Å². The second kappa shape index (κ2) is 9.38. The molecule has 0 bridgehead atoms. The number of benzene rings is 3. The minimum Gasteiger partial charge on any atom is -0.478 e. The zero-order valence-electron chi connectivity index (χ0n) is 17.2. The Balaban J connectivity index is 2.10.